The van der Waals surface area contributed by atoms with Gasteiger partial charge in [-0.3, -0.25) is 4.79 Å². The van der Waals surface area contributed by atoms with Gasteiger partial charge in [0.15, 0.2) is 6.61 Å². The number of hydrazine groups is 1. The zero-order valence-corrected chi connectivity index (χ0v) is 15.2. The summed E-state index contributed by atoms with van der Waals surface area (Å²) in [6, 6.07) is 25.2. The molecule has 138 valence electrons. The van der Waals surface area contributed by atoms with Crippen LogP contribution in [0.2, 0.25) is 0 Å². The summed E-state index contributed by atoms with van der Waals surface area (Å²) in [6.07, 6.45) is 0. The van der Waals surface area contributed by atoms with Gasteiger partial charge in [-0.2, -0.15) is 0 Å². The standard InChI is InChI=1S/C22H23N3O2/c1-17-11-13-19(14-12-17)24-22(26)16-27-21-10-6-5-7-18(21)15-23-25-20-8-3-2-4-9-20/h2-14,23,25H,15-16H2,1H3,(H,24,26). The van der Waals surface area contributed by atoms with Crippen LogP contribution in [0.25, 0.3) is 0 Å². The van der Waals surface area contributed by atoms with Gasteiger partial charge < -0.3 is 15.5 Å². The Balaban J connectivity index is 1.51. The van der Waals surface area contributed by atoms with Crippen molar-refractivity contribution in [1.82, 2.24) is 5.43 Å². The number of hydrogen-bond acceptors (Lipinski definition) is 4. The first-order chi connectivity index (χ1) is 13.2. The minimum absolute atomic E-state index is 0.0446. The summed E-state index contributed by atoms with van der Waals surface area (Å²) in [7, 11) is 0. The molecule has 0 aliphatic rings. The van der Waals surface area contributed by atoms with E-state index in [2.05, 4.69) is 16.2 Å². The fourth-order valence-electron chi connectivity index (χ4n) is 2.53. The van der Waals surface area contributed by atoms with E-state index in [1.54, 1.807) is 0 Å². The molecule has 0 radical (unpaired) electrons. The summed E-state index contributed by atoms with van der Waals surface area (Å²) in [5, 5.41) is 2.83. The number of hydrogen-bond donors (Lipinski definition) is 3. The number of para-hydroxylation sites is 2. The fraction of sp³-hybridized carbons (Fsp3) is 0.136. The zero-order chi connectivity index (χ0) is 18.9. The number of aryl methyl sites for hydroxylation is 1. The Morgan fingerprint density at radius 3 is 2.33 bits per heavy atom. The first-order valence-electron chi connectivity index (χ1n) is 8.82. The van der Waals surface area contributed by atoms with Crippen molar-refractivity contribution in [3.8, 4) is 5.75 Å². The van der Waals surface area contributed by atoms with Gasteiger partial charge in [0.2, 0.25) is 0 Å². The molecule has 5 heteroatoms. The van der Waals surface area contributed by atoms with Crippen LogP contribution in [0.5, 0.6) is 5.75 Å². The maximum atomic E-state index is 12.1. The Morgan fingerprint density at radius 1 is 0.852 bits per heavy atom. The number of carbonyl (C=O) groups is 1. The Bertz CT molecular complexity index is 864. The molecule has 0 aromatic heterocycles. The maximum absolute atomic E-state index is 12.1. The molecule has 3 aromatic rings. The van der Waals surface area contributed by atoms with E-state index in [9.17, 15) is 4.79 Å². The Hall–Kier alpha value is -3.31. The molecule has 3 N–H and O–H groups in total. The lowest BCUT2D eigenvalue weighted by Crippen LogP contribution is -2.23. The molecule has 5 nitrogen and oxygen atoms in total. The number of nitrogens with one attached hydrogen (secondary N) is 3. The van der Waals surface area contributed by atoms with E-state index in [4.69, 9.17) is 4.74 Å². The van der Waals surface area contributed by atoms with Crippen molar-refractivity contribution in [2.24, 2.45) is 0 Å². The summed E-state index contributed by atoms with van der Waals surface area (Å²) in [6.45, 7) is 2.52. The molecule has 0 bridgehead atoms. The molecule has 0 spiro atoms. The topological polar surface area (TPSA) is 62.4 Å². The van der Waals surface area contributed by atoms with Gasteiger partial charge in [-0.25, -0.2) is 5.43 Å². The van der Waals surface area contributed by atoms with Gasteiger partial charge in [0.25, 0.3) is 5.91 Å². The quantitative estimate of drug-likeness (QED) is 0.528. The normalized spacial score (nSPS) is 10.3. The summed E-state index contributed by atoms with van der Waals surface area (Å²) < 4.78 is 5.72. The van der Waals surface area contributed by atoms with Crippen LogP contribution in [0.3, 0.4) is 0 Å². The predicted molar refractivity (Wildman–Crippen MR) is 109 cm³/mol. The fourth-order valence-corrected chi connectivity index (χ4v) is 2.53. The lowest BCUT2D eigenvalue weighted by molar-refractivity contribution is -0.118. The Labute approximate surface area is 159 Å². The highest BCUT2D eigenvalue weighted by Gasteiger charge is 2.07. The molecule has 0 unspecified atom stereocenters. The van der Waals surface area contributed by atoms with E-state index in [0.29, 0.717) is 12.3 Å². The number of anilines is 2. The monoisotopic (exact) mass is 361 g/mol. The highest BCUT2D eigenvalue weighted by molar-refractivity contribution is 5.91. The largest absolute Gasteiger partial charge is 0.483 e. The number of rotatable bonds is 8. The molecule has 0 saturated heterocycles. The number of amides is 1. The van der Waals surface area contributed by atoms with Crippen molar-refractivity contribution < 1.29 is 9.53 Å². The van der Waals surface area contributed by atoms with Crippen LogP contribution in [0.15, 0.2) is 78.9 Å². The van der Waals surface area contributed by atoms with Crippen LogP contribution in [-0.2, 0) is 11.3 Å². The van der Waals surface area contributed by atoms with Crippen molar-refractivity contribution in [1.29, 1.82) is 0 Å². The van der Waals surface area contributed by atoms with Gasteiger partial charge in [0, 0.05) is 23.5 Å². The highest BCUT2D eigenvalue weighted by atomic mass is 16.5. The third kappa shape index (κ3) is 5.87. The average Bonchev–Trinajstić information content (AvgIpc) is 2.70. The molecular weight excluding hydrogens is 338 g/mol. The number of ether oxygens (including phenoxy) is 1. The second kappa shape index (κ2) is 9.40. The van der Waals surface area contributed by atoms with Crippen LogP contribution in [0.1, 0.15) is 11.1 Å². The second-order valence-corrected chi connectivity index (χ2v) is 6.16. The van der Waals surface area contributed by atoms with Gasteiger partial charge in [-0.05, 0) is 37.3 Å². The molecule has 0 saturated carbocycles. The lowest BCUT2D eigenvalue weighted by atomic mass is 10.2. The van der Waals surface area contributed by atoms with Gasteiger partial charge in [-0.15, -0.1) is 0 Å². The van der Waals surface area contributed by atoms with Gasteiger partial charge in [0.1, 0.15) is 5.75 Å². The molecular formula is C22H23N3O2. The van der Waals surface area contributed by atoms with E-state index >= 15 is 0 Å². The first-order valence-corrected chi connectivity index (χ1v) is 8.82. The van der Waals surface area contributed by atoms with E-state index in [0.717, 1.165) is 22.5 Å². The minimum Gasteiger partial charge on any atom is -0.483 e. The van der Waals surface area contributed by atoms with Crippen LogP contribution in [0, 0.1) is 6.92 Å². The molecule has 3 aromatic carbocycles. The van der Waals surface area contributed by atoms with Crippen molar-refractivity contribution in [3.63, 3.8) is 0 Å². The smallest absolute Gasteiger partial charge is 0.262 e. The van der Waals surface area contributed by atoms with Crippen molar-refractivity contribution >= 4 is 17.3 Å². The second-order valence-electron chi connectivity index (χ2n) is 6.16. The predicted octanol–water partition coefficient (Wildman–Crippen LogP) is 4.13. The van der Waals surface area contributed by atoms with E-state index in [-0.39, 0.29) is 12.5 Å². The summed E-state index contributed by atoms with van der Waals surface area (Å²) in [4.78, 5) is 12.1. The third-order valence-electron chi connectivity index (χ3n) is 3.95. The molecule has 0 heterocycles. The van der Waals surface area contributed by atoms with Crippen molar-refractivity contribution in [3.05, 3.63) is 90.0 Å². The summed E-state index contributed by atoms with van der Waals surface area (Å²) >= 11 is 0. The number of benzene rings is 3. The molecule has 27 heavy (non-hydrogen) atoms. The molecule has 0 aliphatic carbocycles. The molecule has 1 amide bonds. The Morgan fingerprint density at radius 2 is 1.56 bits per heavy atom. The third-order valence-corrected chi connectivity index (χ3v) is 3.95. The van der Waals surface area contributed by atoms with Crippen LogP contribution < -0.4 is 20.9 Å². The highest BCUT2D eigenvalue weighted by Crippen LogP contribution is 2.18. The van der Waals surface area contributed by atoms with Crippen LogP contribution in [-0.4, -0.2) is 12.5 Å². The zero-order valence-electron chi connectivity index (χ0n) is 15.2. The summed E-state index contributed by atoms with van der Waals surface area (Å²) in [5.41, 5.74) is 10.1. The minimum atomic E-state index is -0.191. The molecule has 3 rings (SSSR count). The number of carbonyl (C=O) groups excluding carboxylic acids is 1. The molecule has 0 atom stereocenters. The van der Waals surface area contributed by atoms with Crippen LogP contribution >= 0.6 is 0 Å². The van der Waals surface area contributed by atoms with Gasteiger partial charge in [-0.1, -0.05) is 54.1 Å². The Kier molecular flexibility index (Phi) is 6.44. The van der Waals surface area contributed by atoms with Crippen molar-refractivity contribution in [2.45, 2.75) is 13.5 Å². The van der Waals surface area contributed by atoms with Gasteiger partial charge in [0.05, 0.1) is 0 Å². The van der Waals surface area contributed by atoms with Gasteiger partial charge >= 0.3 is 0 Å². The SMILES string of the molecule is Cc1ccc(NC(=O)COc2ccccc2CNNc2ccccc2)cc1. The first kappa shape index (κ1) is 18.5. The average molecular weight is 361 g/mol. The maximum Gasteiger partial charge on any atom is 0.262 e. The van der Waals surface area contributed by atoms with Crippen molar-refractivity contribution in [2.75, 3.05) is 17.3 Å². The molecule has 0 aliphatic heterocycles. The molecule has 0 fully saturated rings. The lowest BCUT2D eigenvalue weighted by Gasteiger charge is -2.13. The van der Waals surface area contributed by atoms with E-state index in [1.807, 2.05) is 85.8 Å². The van der Waals surface area contributed by atoms with E-state index in [1.165, 1.54) is 0 Å². The van der Waals surface area contributed by atoms with Crippen LogP contribution in [0.4, 0.5) is 11.4 Å². The summed E-state index contributed by atoms with van der Waals surface area (Å²) in [5.74, 6) is 0.489. The van der Waals surface area contributed by atoms with E-state index < -0.39 is 0 Å².